The van der Waals surface area contributed by atoms with Gasteiger partial charge < -0.3 is 9.26 Å². The van der Waals surface area contributed by atoms with Crippen molar-refractivity contribution in [2.45, 2.75) is 19.4 Å². The van der Waals surface area contributed by atoms with Crippen molar-refractivity contribution in [3.05, 3.63) is 56.8 Å². The number of carbonyl (C=O) groups is 1. The lowest BCUT2D eigenvalue weighted by Gasteiger charge is -2.05. The SMILES string of the molecule is O=C(CCc1nc(-c2ccsc2)no1)OCc1ccc(Br)cc1F. The van der Waals surface area contributed by atoms with E-state index in [9.17, 15) is 9.18 Å². The monoisotopic (exact) mass is 410 g/mol. The lowest BCUT2D eigenvalue weighted by molar-refractivity contribution is -0.145. The van der Waals surface area contributed by atoms with Gasteiger partial charge in [-0.25, -0.2) is 4.39 Å². The van der Waals surface area contributed by atoms with E-state index in [0.717, 1.165) is 5.56 Å². The molecule has 0 amide bonds. The lowest BCUT2D eigenvalue weighted by atomic mass is 10.2. The lowest BCUT2D eigenvalue weighted by Crippen LogP contribution is -2.07. The van der Waals surface area contributed by atoms with E-state index < -0.39 is 11.8 Å². The molecule has 0 radical (unpaired) electrons. The summed E-state index contributed by atoms with van der Waals surface area (Å²) >= 11 is 4.71. The fraction of sp³-hybridized carbons (Fsp3) is 0.188. The number of nitrogens with zero attached hydrogens (tertiary/aromatic N) is 2. The summed E-state index contributed by atoms with van der Waals surface area (Å²) in [5.41, 5.74) is 1.20. The van der Waals surface area contributed by atoms with Crippen molar-refractivity contribution in [1.29, 1.82) is 0 Å². The fourth-order valence-electron chi connectivity index (χ4n) is 1.94. The van der Waals surface area contributed by atoms with E-state index in [-0.39, 0.29) is 19.4 Å². The van der Waals surface area contributed by atoms with E-state index in [1.54, 1.807) is 12.1 Å². The van der Waals surface area contributed by atoms with Gasteiger partial charge >= 0.3 is 5.97 Å². The Labute approximate surface area is 149 Å². The molecule has 0 saturated heterocycles. The zero-order valence-corrected chi connectivity index (χ0v) is 14.8. The van der Waals surface area contributed by atoms with Gasteiger partial charge in [0.25, 0.3) is 0 Å². The Morgan fingerprint density at radius 1 is 1.38 bits per heavy atom. The maximum atomic E-state index is 13.6. The number of hydrogen-bond donors (Lipinski definition) is 0. The first-order valence-corrected chi connectivity index (χ1v) is 8.80. The largest absolute Gasteiger partial charge is 0.461 e. The molecule has 1 aromatic carbocycles. The quantitative estimate of drug-likeness (QED) is 0.564. The first-order chi connectivity index (χ1) is 11.6. The predicted octanol–water partition coefficient (Wildman–Crippen LogP) is 4.38. The molecule has 2 aromatic heterocycles. The highest BCUT2D eigenvalue weighted by Gasteiger charge is 2.12. The Kier molecular flexibility index (Phi) is 5.37. The van der Waals surface area contributed by atoms with Crippen molar-refractivity contribution >= 4 is 33.2 Å². The highest BCUT2D eigenvalue weighted by atomic mass is 79.9. The smallest absolute Gasteiger partial charge is 0.306 e. The second-order valence-corrected chi connectivity index (χ2v) is 6.62. The summed E-state index contributed by atoms with van der Waals surface area (Å²) in [5, 5.41) is 7.70. The summed E-state index contributed by atoms with van der Waals surface area (Å²) in [6.07, 6.45) is 0.363. The molecular formula is C16H12BrFN2O3S. The minimum absolute atomic E-state index is 0.0867. The highest BCUT2D eigenvalue weighted by Crippen LogP contribution is 2.19. The van der Waals surface area contributed by atoms with Gasteiger partial charge in [0.15, 0.2) is 0 Å². The molecule has 5 nitrogen and oxygen atoms in total. The Balaban J connectivity index is 1.49. The minimum Gasteiger partial charge on any atom is -0.461 e. The van der Waals surface area contributed by atoms with E-state index in [1.165, 1.54) is 17.4 Å². The number of halogens is 2. The van der Waals surface area contributed by atoms with E-state index in [1.807, 2.05) is 16.8 Å². The third-order valence-electron chi connectivity index (χ3n) is 3.19. The molecule has 0 fully saturated rings. The van der Waals surface area contributed by atoms with Crippen molar-refractivity contribution < 1.29 is 18.4 Å². The molecule has 124 valence electrons. The summed E-state index contributed by atoms with van der Waals surface area (Å²) in [5.74, 6) is -0.0124. The fourth-order valence-corrected chi connectivity index (χ4v) is 2.91. The standard InChI is InChI=1S/C16H12BrFN2O3S/c17-12-2-1-10(13(18)7-12)8-22-15(21)4-3-14-19-16(20-23-14)11-5-6-24-9-11/h1-2,5-7,9H,3-4,8H2. The molecule has 0 aliphatic carbocycles. The second-order valence-electron chi connectivity index (χ2n) is 4.92. The molecule has 8 heteroatoms. The van der Waals surface area contributed by atoms with Crippen LogP contribution < -0.4 is 0 Å². The Morgan fingerprint density at radius 3 is 3.00 bits per heavy atom. The van der Waals surface area contributed by atoms with Gasteiger partial charge in [0, 0.05) is 27.4 Å². The molecule has 0 bridgehead atoms. The number of carbonyl (C=O) groups excluding carboxylic acids is 1. The maximum Gasteiger partial charge on any atom is 0.306 e. The van der Waals surface area contributed by atoms with Gasteiger partial charge in [0.05, 0.1) is 6.42 Å². The van der Waals surface area contributed by atoms with Crippen LogP contribution in [0.5, 0.6) is 0 Å². The van der Waals surface area contributed by atoms with E-state index >= 15 is 0 Å². The van der Waals surface area contributed by atoms with Gasteiger partial charge in [-0.1, -0.05) is 27.2 Å². The molecule has 24 heavy (non-hydrogen) atoms. The summed E-state index contributed by atoms with van der Waals surface area (Å²) in [6, 6.07) is 6.47. The van der Waals surface area contributed by atoms with Crippen LogP contribution in [0.25, 0.3) is 11.4 Å². The van der Waals surface area contributed by atoms with Crippen LogP contribution >= 0.6 is 27.3 Å². The number of aryl methyl sites for hydroxylation is 1. The van der Waals surface area contributed by atoms with Crippen LogP contribution in [0.1, 0.15) is 17.9 Å². The molecular weight excluding hydrogens is 399 g/mol. The number of ether oxygens (including phenoxy) is 1. The minimum atomic E-state index is -0.451. The van der Waals surface area contributed by atoms with Crippen LogP contribution in [0.4, 0.5) is 4.39 Å². The molecule has 0 saturated carbocycles. The second kappa shape index (κ2) is 7.67. The number of esters is 1. The summed E-state index contributed by atoms with van der Waals surface area (Å²) in [4.78, 5) is 16.0. The molecule has 3 rings (SSSR count). The van der Waals surface area contributed by atoms with Crippen LogP contribution in [-0.2, 0) is 22.6 Å². The van der Waals surface area contributed by atoms with Gasteiger partial charge in [-0.2, -0.15) is 16.3 Å². The van der Waals surface area contributed by atoms with Gasteiger partial charge in [0.2, 0.25) is 11.7 Å². The Morgan fingerprint density at radius 2 is 2.25 bits per heavy atom. The average Bonchev–Trinajstić information content (AvgIpc) is 3.23. The third-order valence-corrected chi connectivity index (χ3v) is 4.37. The summed E-state index contributed by atoms with van der Waals surface area (Å²) < 4.78 is 24.4. The average molecular weight is 411 g/mol. The number of hydrogen-bond acceptors (Lipinski definition) is 6. The van der Waals surface area contributed by atoms with E-state index in [4.69, 9.17) is 9.26 Å². The third kappa shape index (κ3) is 4.27. The molecule has 0 N–H and O–H groups in total. The van der Waals surface area contributed by atoms with Gasteiger partial charge in [-0.05, 0) is 23.6 Å². The molecule has 0 spiro atoms. The normalized spacial score (nSPS) is 10.8. The molecule has 3 aromatic rings. The predicted molar refractivity (Wildman–Crippen MR) is 89.8 cm³/mol. The number of benzene rings is 1. The maximum absolute atomic E-state index is 13.6. The van der Waals surface area contributed by atoms with Crippen molar-refractivity contribution in [2.24, 2.45) is 0 Å². The number of aromatic nitrogens is 2. The number of thiophene rings is 1. The summed E-state index contributed by atoms with van der Waals surface area (Å²) in [6.45, 7) is -0.109. The van der Waals surface area contributed by atoms with Crippen LogP contribution in [0.15, 0.2) is 44.0 Å². The van der Waals surface area contributed by atoms with E-state index in [0.29, 0.717) is 21.8 Å². The van der Waals surface area contributed by atoms with Crippen LogP contribution in [-0.4, -0.2) is 16.1 Å². The van der Waals surface area contributed by atoms with Crippen molar-refractivity contribution in [2.75, 3.05) is 0 Å². The van der Waals surface area contributed by atoms with Gasteiger partial charge in [0.1, 0.15) is 12.4 Å². The highest BCUT2D eigenvalue weighted by molar-refractivity contribution is 9.10. The van der Waals surface area contributed by atoms with Crippen LogP contribution in [0, 0.1) is 5.82 Å². The number of rotatable bonds is 6. The zero-order chi connectivity index (χ0) is 16.9. The van der Waals surface area contributed by atoms with Gasteiger partial charge in [-0.3, -0.25) is 4.79 Å². The molecule has 2 heterocycles. The Bertz CT molecular complexity index is 836. The Hall–Kier alpha value is -2.06. The van der Waals surface area contributed by atoms with Crippen molar-refractivity contribution in [3.63, 3.8) is 0 Å². The topological polar surface area (TPSA) is 65.2 Å². The summed E-state index contributed by atoms with van der Waals surface area (Å²) in [7, 11) is 0. The molecule has 0 unspecified atom stereocenters. The van der Waals surface area contributed by atoms with Crippen molar-refractivity contribution in [1.82, 2.24) is 10.1 Å². The van der Waals surface area contributed by atoms with Gasteiger partial charge in [-0.15, -0.1) is 0 Å². The van der Waals surface area contributed by atoms with Crippen LogP contribution in [0.3, 0.4) is 0 Å². The molecule has 0 aliphatic rings. The first kappa shape index (κ1) is 16.8. The zero-order valence-electron chi connectivity index (χ0n) is 12.4. The molecule has 0 aliphatic heterocycles. The first-order valence-electron chi connectivity index (χ1n) is 7.06. The molecule has 0 atom stereocenters. The van der Waals surface area contributed by atoms with Crippen molar-refractivity contribution in [3.8, 4) is 11.4 Å². The van der Waals surface area contributed by atoms with Crippen LogP contribution in [0.2, 0.25) is 0 Å². The van der Waals surface area contributed by atoms with E-state index in [2.05, 4.69) is 26.1 Å².